The van der Waals surface area contributed by atoms with Crippen LogP contribution in [0.15, 0.2) is 36.8 Å². The molecule has 0 aromatic carbocycles. The summed E-state index contributed by atoms with van der Waals surface area (Å²) in [6.45, 7) is 0. The number of hydrogen-bond donors (Lipinski definition) is 1. The zero-order chi connectivity index (χ0) is 14.1. The summed E-state index contributed by atoms with van der Waals surface area (Å²) in [5.41, 5.74) is 1.13. The summed E-state index contributed by atoms with van der Waals surface area (Å²) in [5, 5.41) is 7.88. The molecule has 0 amide bonds. The molecular weight excluding hydrogens is 260 g/mol. The van der Waals surface area contributed by atoms with Crippen LogP contribution >= 0.6 is 0 Å². The molecule has 2 aromatic rings. The van der Waals surface area contributed by atoms with Crippen LogP contribution in [0.3, 0.4) is 0 Å². The van der Waals surface area contributed by atoms with Crippen LogP contribution in [0, 0.1) is 11.8 Å². The molecule has 2 aliphatic rings. The summed E-state index contributed by atoms with van der Waals surface area (Å²) < 4.78 is 1.79. The van der Waals surface area contributed by atoms with Crippen LogP contribution in [0.25, 0.3) is 5.82 Å². The van der Waals surface area contributed by atoms with Gasteiger partial charge in [-0.15, -0.1) is 0 Å². The van der Waals surface area contributed by atoms with E-state index in [4.69, 9.17) is 0 Å². The first-order valence-corrected chi connectivity index (χ1v) is 8.11. The summed E-state index contributed by atoms with van der Waals surface area (Å²) >= 11 is 0. The van der Waals surface area contributed by atoms with Crippen molar-refractivity contribution in [2.75, 3.05) is 5.32 Å². The molecule has 110 valence electrons. The Morgan fingerprint density at radius 3 is 2.76 bits per heavy atom. The first kappa shape index (κ1) is 12.9. The van der Waals surface area contributed by atoms with E-state index in [0.29, 0.717) is 6.04 Å². The van der Waals surface area contributed by atoms with Gasteiger partial charge in [0.25, 0.3) is 0 Å². The topological polar surface area (TPSA) is 42.7 Å². The quantitative estimate of drug-likeness (QED) is 0.931. The lowest BCUT2D eigenvalue weighted by molar-refractivity contribution is 0.303. The molecule has 2 unspecified atom stereocenters. The second-order valence-corrected chi connectivity index (χ2v) is 6.46. The Morgan fingerprint density at radius 2 is 2.05 bits per heavy atom. The summed E-state index contributed by atoms with van der Waals surface area (Å²) in [5.74, 6) is 2.87. The number of pyridine rings is 1. The molecule has 0 aliphatic heterocycles. The zero-order valence-electron chi connectivity index (χ0n) is 12.3. The lowest BCUT2D eigenvalue weighted by atomic mass is 9.82. The monoisotopic (exact) mass is 282 g/mol. The Balaban J connectivity index is 1.40. The molecule has 0 bridgehead atoms. The molecule has 0 spiro atoms. The zero-order valence-corrected chi connectivity index (χ0v) is 12.3. The predicted octanol–water partition coefficient (Wildman–Crippen LogP) is 3.65. The molecule has 2 atom stereocenters. The number of aromatic nitrogens is 3. The molecule has 2 aliphatic carbocycles. The Morgan fingerprint density at radius 1 is 1.10 bits per heavy atom. The van der Waals surface area contributed by atoms with Crippen LogP contribution in [-0.2, 0) is 0 Å². The van der Waals surface area contributed by atoms with Gasteiger partial charge in [-0.2, -0.15) is 5.10 Å². The van der Waals surface area contributed by atoms with Crippen LogP contribution in [0.5, 0.6) is 0 Å². The molecule has 0 radical (unpaired) electrons. The van der Waals surface area contributed by atoms with E-state index in [9.17, 15) is 0 Å². The summed E-state index contributed by atoms with van der Waals surface area (Å²) in [7, 11) is 0. The minimum atomic E-state index is 0.627. The van der Waals surface area contributed by atoms with Crippen molar-refractivity contribution in [2.24, 2.45) is 11.8 Å². The standard InChI is InChI=1S/C17H22N4/c1-3-14(13-5-6-13)11-15(4-1)20-16-7-8-17(18-12-16)21-10-2-9-19-21/h2,7-10,12-15,20H,1,3-6,11H2. The SMILES string of the molecule is c1cnn(-c2ccc(NC3CCCC(C4CC4)C3)cn2)c1. The number of nitrogens with zero attached hydrogens (tertiary/aromatic N) is 3. The molecule has 2 fully saturated rings. The molecule has 21 heavy (non-hydrogen) atoms. The third kappa shape index (κ3) is 2.94. The Kier molecular flexibility index (Phi) is 3.37. The minimum absolute atomic E-state index is 0.627. The largest absolute Gasteiger partial charge is 0.381 e. The Hall–Kier alpha value is -1.84. The summed E-state index contributed by atoms with van der Waals surface area (Å²) in [6, 6.07) is 6.68. The second-order valence-electron chi connectivity index (χ2n) is 6.46. The van der Waals surface area contributed by atoms with E-state index in [1.807, 2.05) is 24.5 Å². The fourth-order valence-electron chi connectivity index (χ4n) is 3.60. The van der Waals surface area contributed by atoms with E-state index in [1.165, 1.54) is 38.5 Å². The highest BCUT2D eigenvalue weighted by molar-refractivity contribution is 5.44. The Bertz CT molecular complexity index is 571. The molecule has 4 rings (SSSR count). The minimum Gasteiger partial charge on any atom is -0.381 e. The van der Waals surface area contributed by atoms with Crippen molar-refractivity contribution in [3.8, 4) is 5.82 Å². The van der Waals surface area contributed by atoms with E-state index in [-0.39, 0.29) is 0 Å². The van der Waals surface area contributed by atoms with Crippen LogP contribution < -0.4 is 5.32 Å². The number of anilines is 1. The number of rotatable bonds is 4. The lowest BCUT2D eigenvalue weighted by Gasteiger charge is -2.30. The van der Waals surface area contributed by atoms with Crippen LogP contribution in [-0.4, -0.2) is 20.8 Å². The van der Waals surface area contributed by atoms with Crippen LogP contribution in [0.2, 0.25) is 0 Å². The average molecular weight is 282 g/mol. The van der Waals surface area contributed by atoms with Gasteiger partial charge in [0, 0.05) is 18.4 Å². The van der Waals surface area contributed by atoms with Gasteiger partial charge in [-0.1, -0.05) is 12.8 Å². The van der Waals surface area contributed by atoms with Gasteiger partial charge in [-0.3, -0.25) is 0 Å². The molecule has 2 heterocycles. The van der Waals surface area contributed by atoms with E-state index in [0.717, 1.165) is 23.3 Å². The third-order valence-electron chi connectivity index (χ3n) is 4.86. The highest BCUT2D eigenvalue weighted by Crippen LogP contribution is 2.44. The van der Waals surface area contributed by atoms with Crippen molar-refractivity contribution in [3.63, 3.8) is 0 Å². The van der Waals surface area contributed by atoms with E-state index >= 15 is 0 Å². The van der Waals surface area contributed by atoms with Gasteiger partial charge in [0.15, 0.2) is 5.82 Å². The molecule has 1 N–H and O–H groups in total. The summed E-state index contributed by atoms with van der Waals surface area (Å²) in [4.78, 5) is 4.49. The lowest BCUT2D eigenvalue weighted by Crippen LogP contribution is -2.28. The van der Waals surface area contributed by atoms with Gasteiger partial charge in [0.1, 0.15) is 0 Å². The van der Waals surface area contributed by atoms with Crippen molar-refractivity contribution in [3.05, 3.63) is 36.8 Å². The second kappa shape index (κ2) is 5.51. The smallest absolute Gasteiger partial charge is 0.153 e. The first-order chi connectivity index (χ1) is 10.4. The first-order valence-electron chi connectivity index (χ1n) is 8.11. The fourth-order valence-corrected chi connectivity index (χ4v) is 3.60. The van der Waals surface area contributed by atoms with Gasteiger partial charge in [-0.25, -0.2) is 9.67 Å². The molecule has 4 heteroatoms. The van der Waals surface area contributed by atoms with Gasteiger partial charge in [0.05, 0.1) is 11.9 Å². The van der Waals surface area contributed by atoms with Crippen LogP contribution in [0.1, 0.15) is 38.5 Å². The van der Waals surface area contributed by atoms with Crippen molar-refractivity contribution < 1.29 is 0 Å². The van der Waals surface area contributed by atoms with E-state index in [1.54, 1.807) is 10.9 Å². The normalized spacial score (nSPS) is 25.7. The van der Waals surface area contributed by atoms with Gasteiger partial charge in [0.2, 0.25) is 0 Å². The maximum absolute atomic E-state index is 4.49. The third-order valence-corrected chi connectivity index (χ3v) is 4.86. The molecule has 2 aromatic heterocycles. The number of nitrogens with one attached hydrogen (secondary N) is 1. The molecular formula is C17H22N4. The average Bonchev–Trinajstić information content (AvgIpc) is 3.24. The molecule has 4 nitrogen and oxygen atoms in total. The maximum atomic E-state index is 4.49. The van der Waals surface area contributed by atoms with Gasteiger partial charge < -0.3 is 5.32 Å². The predicted molar refractivity (Wildman–Crippen MR) is 83.5 cm³/mol. The highest BCUT2D eigenvalue weighted by Gasteiger charge is 2.34. The number of hydrogen-bond acceptors (Lipinski definition) is 3. The van der Waals surface area contributed by atoms with Gasteiger partial charge >= 0.3 is 0 Å². The summed E-state index contributed by atoms with van der Waals surface area (Å²) in [6.07, 6.45) is 14.0. The van der Waals surface area contributed by atoms with Crippen molar-refractivity contribution in [1.29, 1.82) is 0 Å². The molecule has 2 saturated carbocycles. The van der Waals surface area contributed by atoms with E-state index in [2.05, 4.69) is 21.5 Å². The van der Waals surface area contributed by atoms with E-state index < -0.39 is 0 Å². The van der Waals surface area contributed by atoms with Crippen LogP contribution in [0.4, 0.5) is 5.69 Å². The molecule has 0 saturated heterocycles. The maximum Gasteiger partial charge on any atom is 0.153 e. The van der Waals surface area contributed by atoms with Crippen molar-refractivity contribution in [2.45, 2.75) is 44.6 Å². The Labute approximate surface area is 125 Å². The van der Waals surface area contributed by atoms with Crippen molar-refractivity contribution >= 4 is 5.69 Å². The van der Waals surface area contributed by atoms with Crippen molar-refractivity contribution in [1.82, 2.24) is 14.8 Å². The fraction of sp³-hybridized carbons (Fsp3) is 0.529. The highest BCUT2D eigenvalue weighted by atomic mass is 15.3. The van der Waals surface area contributed by atoms with Gasteiger partial charge in [-0.05, 0) is 55.7 Å².